The monoisotopic (exact) mass is 391 g/mol. The van der Waals surface area contributed by atoms with Gasteiger partial charge in [0.05, 0.1) is 6.10 Å². The molecule has 0 radical (unpaired) electrons. The van der Waals surface area contributed by atoms with Crippen molar-refractivity contribution in [1.29, 1.82) is 0 Å². The van der Waals surface area contributed by atoms with Gasteiger partial charge in [-0.15, -0.1) is 24.8 Å². The topological polar surface area (TPSA) is 67.6 Å². The molecule has 0 bridgehead atoms. The summed E-state index contributed by atoms with van der Waals surface area (Å²) in [6, 6.07) is 8.40. The van der Waals surface area contributed by atoms with E-state index in [2.05, 4.69) is 42.3 Å². The fraction of sp³-hybridized carbons (Fsp3) is 0.611. The first-order valence-corrected chi connectivity index (χ1v) is 8.59. The Labute approximate surface area is 163 Å². The summed E-state index contributed by atoms with van der Waals surface area (Å²) in [6.07, 6.45) is 1.31. The number of halogens is 2. The van der Waals surface area contributed by atoms with Gasteiger partial charge in [-0.3, -0.25) is 9.69 Å². The van der Waals surface area contributed by atoms with Crippen molar-refractivity contribution in [2.45, 2.75) is 52.0 Å². The number of rotatable bonds is 8. The summed E-state index contributed by atoms with van der Waals surface area (Å²) in [6.45, 7) is 8.39. The lowest BCUT2D eigenvalue weighted by Crippen LogP contribution is -2.35. The third kappa shape index (κ3) is 7.50. The highest BCUT2D eigenvalue weighted by Crippen LogP contribution is 2.19. The highest BCUT2D eigenvalue weighted by Gasteiger charge is 2.29. The number of benzene rings is 1. The molecule has 144 valence electrons. The molecular weight excluding hydrogens is 361 g/mol. The zero-order valence-electron chi connectivity index (χ0n) is 15.1. The van der Waals surface area contributed by atoms with Crippen LogP contribution < -0.4 is 11.1 Å². The van der Waals surface area contributed by atoms with Crippen LogP contribution in [0.15, 0.2) is 24.3 Å². The van der Waals surface area contributed by atoms with E-state index in [0.717, 1.165) is 38.0 Å². The van der Waals surface area contributed by atoms with Crippen molar-refractivity contribution in [3.63, 3.8) is 0 Å². The Morgan fingerprint density at radius 2 is 1.92 bits per heavy atom. The van der Waals surface area contributed by atoms with Gasteiger partial charge in [-0.25, -0.2) is 0 Å². The Bertz CT molecular complexity index is 513. The molecular formula is C18H31Cl2N3O2. The van der Waals surface area contributed by atoms with Crippen molar-refractivity contribution in [3.8, 4) is 0 Å². The van der Waals surface area contributed by atoms with Crippen molar-refractivity contribution in [3.05, 3.63) is 35.4 Å². The predicted molar refractivity (Wildman–Crippen MR) is 106 cm³/mol. The van der Waals surface area contributed by atoms with Crippen molar-refractivity contribution in [1.82, 2.24) is 10.2 Å². The van der Waals surface area contributed by atoms with E-state index in [0.29, 0.717) is 13.1 Å². The van der Waals surface area contributed by atoms with Gasteiger partial charge in [-0.05, 0) is 37.1 Å². The highest BCUT2D eigenvalue weighted by molar-refractivity contribution is 5.85. The first-order chi connectivity index (χ1) is 11.2. The van der Waals surface area contributed by atoms with Crippen LogP contribution in [0.25, 0.3) is 0 Å². The number of nitrogens with zero attached hydrogens (tertiary/aromatic N) is 1. The first-order valence-electron chi connectivity index (χ1n) is 8.59. The molecule has 5 nitrogen and oxygen atoms in total. The van der Waals surface area contributed by atoms with E-state index in [1.165, 1.54) is 5.56 Å². The van der Waals surface area contributed by atoms with Gasteiger partial charge in [0.2, 0.25) is 5.91 Å². The third-order valence-electron chi connectivity index (χ3n) is 4.42. The summed E-state index contributed by atoms with van der Waals surface area (Å²) in [7, 11) is 0. The normalized spacial score (nSPS) is 19.2. The molecule has 1 aliphatic rings. The van der Waals surface area contributed by atoms with Crippen LogP contribution in [0.1, 0.15) is 37.8 Å². The molecule has 0 spiro atoms. The van der Waals surface area contributed by atoms with E-state index in [1.54, 1.807) is 0 Å². The lowest BCUT2D eigenvalue weighted by atomic mass is 10.1. The SMILES string of the molecule is CCN(CC)Cc1cccc(CNC(=O)[C@@H]2CC[C@H](CN)O2)c1.Cl.Cl. The minimum atomic E-state index is -0.345. The lowest BCUT2D eigenvalue weighted by Gasteiger charge is -2.18. The van der Waals surface area contributed by atoms with E-state index in [4.69, 9.17) is 10.5 Å². The predicted octanol–water partition coefficient (Wildman–Crippen LogP) is 2.49. The van der Waals surface area contributed by atoms with Gasteiger partial charge in [-0.1, -0.05) is 38.1 Å². The molecule has 1 aliphatic heterocycles. The average Bonchev–Trinajstić information content (AvgIpc) is 3.07. The van der Waals surface area contributed by atoms with Crippen molar-refractivity contribution in [2.75, 3.05) is 19.6 Å². The maximum atomic E-state index is 12.2. The molecule has 2 atom stereocenters. The Kier molecular flexibility index (Phi) is 12.1. The van der Waals surface area contributed by atoms with Gasteiger partial charge in [-0.2, -0.15) is 0 Å². The van der Waals surface area contributed by atoms with Crippen LogP contribution >= 0.6 is 24.8 Å². The summed E-state index contributed by atoms with van der Waals surface area (Å²) >= 11 is 0. The van der Waals surface area contributed by atoms with Gasteiger partial charge in [0.1, 0.15) is 6.10 Å². The number of hydrogen-bond donors (Lipinski definition) is 2. The fourth-order valence-corrected chi connectivity index (χ4v) is 2.92. The van der Waals surface area contributed by atoms with Gasteiger partial charge < -0.3 is 15.8 Å². The van der Waals surface area contributed by atoms with Gasteiger partial charge in [0, 0.05) is 19.6 Å². The van der Waals surface area contributed by atoms with Crippen LogP contribution in [0.2, 0.25) is 0 Å². The molecule has 1 aromatic carbocycles. The zero-order chi connectivity index (χ0) is 16.7. The Hall–Kier alpha value is -0.850. The lowest BCUT2D eigenvalue weighted by molar-refractivity contribution is -0.132. The summed E-state index contributed by atoms with van der Waals surface area (Å²) in [5.41, 5.74) is 7.98. The summed E-state index contributed by atoms with van der Waals surface area (Å²) in [4.78, 5) is 14.5. The largest absolute Gasteiger partial charge is 0.364 e. The van der Waals surface area contributed by atoms with Crippen molar-refractivity contribution < 1.29 is 9.53 Å². The minimum Gasteiger partial charge on any atom is -0.364 e. The number of carbonyl (C=O) groups is 1. The number of amides is 1. The highest BCUT2D eigenvalue weighted by atomic mass is 35.5. The summed E-state index contributed by atoms with van der Waals surface area (Å²) < 4.78 is 5.62. The molecule has 3 N–H and O–H groups in total. The smallest absolute Gasteiger partial charge is 0.249 e. The maximum Gasteiger partial charge on any atom is 0.249 e. The zero-order valence-corrected chi connectivity index (χ0v) is 16.7. The number of hydrogen-bond acceptors (Lipinski definition) is 4. The second kappa shape index (κ2) is 12.5. The van der Waals surface area contributed by atoms with Crippen LogP contribution in [0.3, 0.4) is 0 Å². The molecule has 1 fully saturated rings. The van der Waals surface area contributed by atoms with Gasteiger partial charge in [0.25, 0.3) is 0 Å². The molecule has 1 saturated heterocycles. The second-order valence-corrected chi connectivity index (χ2v) is 6.06. The van der Waals surface area contributed by atoms with Gasteiger partial charge in [0.15, 0.2) is 0 Å². The number of nitrogens with one attached hydrogen (secondary N) is 1. The Balaban J connectivity index is 0.00000288. The van der Waals surface area contributed by atoms with E-state index in [1.807, 2.05) is 6.07 Å². The quantitative estimate of drug-likeness (QED) is 0.714. The molecule has 25 heavy (non-hydrogen) atoms. The first kappa shape index (κ1) is 24.1. The molecule has 1 heterocycles. The maximum absolute atomic E-state index is 12.2. The van der Waals surface area contributed by atoms with Gasteiger partial charge >= 0.3 is 0 Å². The second-order valence-electron chi connectivity index (χ2n) is 6.06. The standard InChI is InChI=1S/C18H29N3O2.2ClH/c1-3-21(4-2)13-15-7-5-6-14(10-15)12-20-18(22)17-9-8-16(11-19)23-17;;/h5-7,10,16-17H,3-4,8-9,11-13,19H2,1-2H3,(H,20,22);2*1H/t16-,17+;;/m1../s1. The molecule has 7 heteroatoms. The minimum absolute atomic E-state index is 0. The summed E-state index contributed by atoms with van der Waals surface area (Å²) in [5.74, 6) is -0.0323. The van der Waals surface area contributed by atoms with Crippen LogP contribution in [0.4, 0.5) is 0 Å². The van der Waals surface area contributed by atoms with E-state index < -0.39 is 0 Å². The number of carbonyl (C=O) groups excluding carboxylic acids is 1. The Morgan fingerprint density at radius 1 is 1.24 bits per heavy atom. The molecule has 0 aromatic heterocycles. The van der Waals surface area contributed by atoms with Crippen molar-refractivity contribution >= 4 is 30.7 Å². The van der Waals surface area contributed by atoms with Crippen LogP contribution in [0, 0.1) is 0 Å². The number of nitrogens with two attached hydrogens (primary N) is 1. The van der Waals surface area contributed by atoms with E-state index >= 15 is 0 Å². The summed E-state index contributed by atoms with van der Waals surface area (Å²) in [5, 5.41) is 2.98. The van der Waals surface area contributed by atoms with E-state index in [-0.39, 0.29) is 42.9 Å². The van der Waals surface area contributed by atoms with Crippen molar-refractivity contribution in [2.24, 2.45) is 5.73 Å². The Morgan fingerprint density at radius 3 is 2.52 bits per heavy atom. The van der Waals surface area contributed by atoms with E-state index in [9.17, 15) is 4.79 Å². The van der Waals surface area contributed by atoms with Crippen LogP contribution in [-0.4, -0.2) is 42.6 Å². The molecule has 1 aromatic rings. The average molecular weight is 392 g/mol. The van der Waals surface area contributed by atoms with Crippen LogP contribution in [-0.2, 0) is 22.6 Å². The molecule has 0 saturated carbocycles. The molecule has 0 aliphatic carbocycles. The molecule has 2 rings (SSSR count). The number of ether oxygens (including phenoxy) is 1. The van der Waals surface area contributed by atoms with Crippen LogP contribution in [0.5, 0.6) is 0 Å². The fourth-order valence-electron chi connectivity index (χ4n) is 2.92. The third-order valence-corrected chi connectivity index (χ3v) is 4.42. The molecule has 0 unspecified atom stereocenters. The molecule has 1 amide bonds.